The molecule has 120 valence electrons. The predicted molar refractivity (Wildman–Crippen MR) is 92.3 cm³/mol. The second kappa shape index (κ2) is 5.46. The molecule has 23 heavy (non-hydrogen) atoms. The molecule has 2 aromatic rings. The highest BCUT2D eigenvalue weighted by Gasteiger charge is 2.49. The summed E-state index contributed by atoms with van der Waals surface area (Å²) in [6.45, 7) is 4.67. The van der Waals surface area contributed by atoms with Crippen LogP contribution in [-0.4, -0.2) is 38.2 Å². The summed E-state index contributed by atoms with van der Waals surface area (Å²) in [4.78, 5) is 2.86. The van der Waals surface area contributed by atoms with Crippen LogP contribution in [0.25, 0.3) is 11.1 Å². The number of likely N-dealkylation sites (tertiary alicyclic amines) is 1. The molecular weight excluding hydrogens is 306 g/mol. The molecular formula is C19H21NO2S. The lowest BCUT2D eigenvalue weighted by atomic mass is 9.94. The number of nitrogens with zero attached hydrogens (tertiary/aromatic N) is 1. The van der Waals surface area contributed by atoms with E-state index >= 15 is 0 Å². The van der Waals surface area contributed by atoms with Crippen LogP contribution >= 0.6 is 0 Å². The molecule has 0 amide bonds. The van der Waals surface area contributed by atoms with E-state index in [0.717, 1.165) is 36.2 Å². The Kier molecular flexibility index (Phi) is 3.54. The summed E-state index contributed by atoms with van der Waals surface area (Å²) in [7, 11) is -3.17. The molecule has 0 unspecified atom stereocenters. The largest absolute Gasteiger partial charge is 0.301 e. The number of fused-ring (bicyclic) bond motifs is 3. The monoisotopic (exact) mass is 327 g/mol. The van der Waals surface area contributed by atoms with Crippen molar-refractivity contribution in [3.05, 3.63) is 54.1 Å². The molecule has 2 aliphatic heterocycles. The van der Waals surface area contributed by atoms with Gasteiger partial charge in [0, 0.05) is 19.0 Å². The number of rotatable bonds is 3. The fourth-order valence-electron chi connectivity index (χ4n) is 4.03. The Labute approximate surface area is 137 Å². The van der Waals surface area contributed by atoms with Crippen molar-refractivity contribution in [1.29, 1.82) is 0 Å². The molecule has 0 spiro atoms. The highest BCUT2D eigenvalue weighted by atomic mass is 32.2. The lowest BCUT2D eigenvalue weighted by Crippen LogP contribution is -2.26. The highest BCUT2D eigenvalue weighted by Crippen LogP contribution is 2.45. The molecule has 4 rings (SSSR count). The minimum atomic E-state index is -3.17. The van der Waals surface area contributed by atoms with E-state index in [4.69, 9.17) is 0 Å². The van der Waals surface area contributed by atoms with Crippen LogP contribution in [0.4, 0.5) is 0 Å². The van der Waals surface area contributed by atoms with Crippen LogP contribution in [0.2, 0.25) is 0 Å². The Morgan fingerprint density at radius 2 is 1.83 bits per heavy atom. The predicted octanol–water partition coefficient (Wildman–Crippen LogP) is 3.32. The van der Waals surface area contributed by atoms with Gasteiger partial charge in [-0.3, -0.25) is 0 Å². The van der Waals surface area contributed by atoms with E-state index < -0.39 is 9.84 Å². The van der Waals surface area contributed by atoms with Crippen LogP contribution in [0.15, 0.2) is 53.4 Å². The molecule has 0 aromatic heterocycles. The number of hydrogen-bond donors (Lipinski definition) is 0. The highest BCUT2D eigenvalue weighted by molar-refractivity contribution is 7.92. The zero-order valence-electron chi connectivity index (χ0n) is 13.3. The summed E-state index contributed by atoms with van der Waals surface area (Å²) in [6.07, 6.45) is 1.07. The van der Waals surface area contributed by atoms with Crippen molar-refractivity contribution < 1.29 is 8.42 Å². The lowest BCUT2D eigenvalue weighted by Gasteiger charge is -2.16. The third kappa shape index (κ3) is 2.32. The summed E-state index contributed by atoms with van der Waals surface area (Å²) in [6, 6.07) is 16.0. The first kappa shape index (κ1) is 14.9. The van der Waals surface area contributed by atoms with E-state index in [1.807, 2.05) is 30.3 Å². The van der Waals surface area contributed by atoms with Crippen LogP contribution in [0.1, 0.15) is 24.8 Å². The third-order valence-corrected chi connectivity index (χ3v) is 7.36. The van der Waals surface area contributed by atoms with Crippen molar-refractivity contribution in [2.45, 2.75) is 29.4 Å². The molecule has 0 N–H and O–H groups in total. The molecule has 0 radical (unpaired) electrons. The van der Waals surface area contributed by atoms with Crippen molar-refractivity contribution in [2.24, 2.45) is 0 Å². The molecule has 0 saturated carbocycles. The summed E-state index contributed by atoms with van der Waals surface area (Å²) in [5.41, 5.74) is 3.27. The fraction of sp³-hybridized carbons (Fsp3) is 0.368. The van der Waals surface area contributed by atoms with Crippen LogP contribution in [0.3, 0.4) is 0 Å². The maximum Gasteiger partial charge on any atom is 0.183 e. The summed E-state index contributed by atoms with van der Waals surface area (Å²) in [5, 5.41) is -0.255. The Bertz CT molecular complexity index is 830. The topological polar surface area (TPSA) is 37.4 Å². The van der Waals surface area contributed by atoms with Gasteiger partial charge in [0.2, 0.25) is 0 Å². The zero-order chi connectivity index (χ0) is 16.0. The summed E-state index contributed by atoms with van der Waals surface area (Å²) >= 11 is 0. The van der Waals surface area contributed by atoms with Gasteiger partial charge in [-0.15, -0.1) is 0 Å². The first-order valence-corrected chi connectivity index (χ1v) is 9.81. The fourth-order valence-corrected chi connectivity index (χ4v) is 6.23. The molecule has 2 aromatic carbocycles. The number of sulfone groups is 1. The molecule has 4 heteroatoms. The van der Waals surface area contributed by atoms with Crippen molar-refractivity contribution in [3.8, 4) is 11.1 Å². The van der Waals surface area contributed by atoms with E-state index in [1.54, 1.807) is 0 Å². The van der Waals surface area contributed by atoms with Crippen LogP contribution < -0.4 is 0 Å². The molecule has 2 atom stereocenters. The van der Waals surface area contributed by atoms with Crippen LogP contribution in [-0.2, 0) is 9.84 Å². The number of hydrogen-bond acceptors (Lipinski definition) is 3. The minimum absolute atomic E-state index is 0.130. The van der Waals surface area contributed by atoms with Gasteiger partial charge in [-0.25, -0.2) is 8.42 Å². The van der Waals surface area contributed by atoms with Gasteiger partial charge in [-0.05, 0) is 41.8 Å². The van der Waals surface area contributed by atoms with Gasteiger partial charge in [0.05, 0.1) is 10.1 Å². The van der Waals surface area contributed by atoms with Crippen molar-refractivity contribution in [3.63, 3.8) is 0 Å². The number of benzene rings is 2. The summed E-state index contributed by atoms with van der Waals surface area (Å²) < 4.78 is 25.7. The van der Waals surface area contributed by atoms with E-state index in [-0.39, 0.29) is 11.2 Å². The van der Waals surface area contributed by atoms with Crippen LogP contribution in [0.5, 0.6) is 0 Å². The maximum absolute atomic E-state index is 12.8. The SMILES string of the molecule is CCCN1C[C@@H]2c3cc(-c4ccccc4)ccc3S(=O)(=O)[C@H]2C1. The van der Waals surface area contributed by atoms with E-state index in [0.29, 0.717) is 11.4 Å². The second-order valence-corrected chi connectivity index (χ2v) is 8.70. The zero-order valence-corrected chi connectivity index (χ0v) is 14.1. The Balaban J connectivity index is 1.78. The Hall–Kier alpha value is -1.65. The molecule has 2 heterocycles. The first-order chi connectivity index (χ1) is 11.1. The van der Waals surface area contributed by atoms with E-state index in [2.05, 4.69) is 30.0 Å². The molecule has 1 fully saturated rings. The van der Waals surface area contributed by atoms with Gasteiger partial charge < -0.3 is 4.90 Å². The average molecular weight is 327 g/mol. The molecule has 2 aliphatic rings. The van der Waals surface area contributed by atoms with Crippen molar-refractivity contribution >= 4 is 9.84 Å². The quantitative estimate of drug-likeness (QED) is 0.868. The lowest BCUT2D eigenvalue weighted by molar-refractivity contribution is 0.334. The van der Waals surface area contributed by atoms with Crippen LogP contribution in [0, 0.1) is 0 Å². The molecule has 0 aliphatic carbocycles. The van der Waals surface area contributed by atoms with Gasteiger partial charge in [-0.1, -0.05) is 43.3 Å². The Morgan fingerprint density at radius 1 is 1.04 bits per heavy atom. The third-order valence-electron chi connectivity index (χ3n) is 5.10. The normalized spacial score (nSPS) is 25.3. The van der Waals surface area contributed by atoms with Crippen molar-refractivity contribution in [2.75, 3.05) is 19.6 Å². The molecule has 3 nitrogen and oxygen atoms in total. The standard InChI is InChI=1S/C19H21NO2S/c1-2-10-20-12-17-16-11-15(14-6-4-3-5-7-14)8-9-18(16)23(21,22)19(17)13-20/h3-9,11,17,19H,2,10,12-13H2,1H3/t17-,19+/m1/s1. The van der Waals surface area contributed by atoms with Crippen molar-refractivity contribution in [1.82, 2.24) is 4.90 Å². The maximum atomic E-state index is 12.8. The van der Waals surface area contributed by atoms with E-state index in [9.17, 15) is 8.42 Å². The van der Waals surface area contributed by atoms with Gasteiger partial charge in [0.25, 0.3) is 0 Å². The second-order valence-electron chi connectivity index (χ2n) is 6.57. The average Bonchev–Trinajstić information content (AvgIpc) is 3.07. The van der Waals surface area contributed by atoms with Gasteiger partial charge in [0.15, 0.2) is 9.84 Å². The van der Waals surface area contributed by atoms with Gasteiger partial charge in [-0.2, -0.15) is 0 Å². The Morgan fingerprint density at radius 3 is 2.57 bits per heavy atom. The van der Waals surface area contributed by atoms with E-state index in [1.165, 1.54) is 0 Å². The first-order valence-electron chi connectivity index (χ1n) is 8.27. The van der Waals surface area contributed by atoms with Gasteiger partial charge in [0.1, 0.15) is 0 Å². The smallest absolute Gasteiger partial charge is 0.183 e. The van der Waals surface area contributed by atoms with Gasteiger partial charge >= 0.3 is 0 Å². The minimum Gasteiger partial charge on any atom is -0.301 e. The summed E-state index contributed by atoms with van der Waals surface area (Å²) in [5.74, 6) is 0.130. The molecule has 0 bridgehead atoms. The molecule has 1 saturated heterocycles.